The average Bonchev–Trinajstić information content (AvgIpc) is 3.03. The molecule has 110 valence electrons. The molecule has 4 atom stereocenters. The summed E-state index contributed by atoms with van der Waals surface area (Å²) < 4.78 is 0. The summed E-state index contributed by atoms with van der Waals surface area (Å²) in [5.41, 5.74) is 3.01. The highest BCUT2D eigenvalue weighted by Crippen LogP contribution is 2.48. The molecule has 1 saturated carbocycles. The van der Waals surface area contributed by atoms with Gasteiger partial charge in [0.25, 0.3) is 0 Å². The van der Waals surface area contributed by atoms with Crippen LogP contribution in [0.3, 0.4) is 0 Å². The number of anilines is 1. The van der Waals surface area contributed by atoms with Crippen LogP contribution in [-0.4, -0.2) is 17.0 Å². The summed E-state index contributed by atoms with van der Waals surface area (Å²) in [4.78, 5) is 24.0. The second kappa shape index (κ2) is 5.02. The average molecular weight is 285 g/mol. The van der Waals surface area contributed by atoms with Gasteiger partial charge in [-0.25, -0.2) is 0 Å². The Kier molecular flexibility index (Phi) is 3.32. The lowest BCUT2D eigenvalue weighted by Gasteiger charge is -2.24. The van der Waals surface area contributed by atoms with Gasteiger partial charge >= 0.3 is 5.97 Å². The molecule has 4 nitrogen and oxygen atoms in total. The van der Waals surface area contributed by atoms with E-state index < -0.39 is 17.8 Å². The zero-order chi connectivity index (χ0) is 15.1. The Morgan fingerprint density at radius 2 is 1.76 bits per heavy atom. The van der Waals surface area contributed by atoms with Crippen LogP contribution in [0.4, 0.5) is 5.69 Å². The molecule has 1 amide bonds. The lowest BCUT2D eigenvalue weighted by molar-refractivity contribution is -0.146. The fraction of sp³-hybridized carbons (Fsp3) is 0.412. The highest BCUT2D eigenvalue weighted by Gasteiger charge is 2.51. The van der Waals surface area contributed by atoms with Gasteiger partial charge in [0.15, 0.2) is 0 Å². The van der Waals surface area contributed by atoms with Crippen molar-refractivity contribution in [1.82, 2.24) is 0 Å². The Labute approximate surface area is 123 Å². The van der Waals surface area contributed by atoms with Crippen molar-refractivity contribution in [2.45, 2.75) is 20.3 Å². The number of fused-ring (bicyclic) bond motifs is 2. The molecule has 0 saturated heterocycles. The first-order chi connectivity index (χ1) is 9.97. The van der Waals surface area contributed by atoms with Crippen molar-refractivity contribution >= 4 is 17.6 Å². The minimum Gasteiger partial charge on any atom is -0.481 e. The van der Waals surface area contributed by atoms with Crippen LogP contribution in [-0.2, 0) is 9.59 Å². The van der Waals surface area contributed by atoms with Gasteiger partial charge in [0.05, 0.1) is 11.8 Å². The first kappa shape index (κ1) is 13.9. The van der Waals surface area contributed by atoms with Gasteiger partial charge in [-0.2, -0.15) is 0 Å². The SMILES string of the molecule is Cc1ccc(NC(=O)[C@@H]2[C@@H](C(=O)O)[C@H]3C=C[C@@H]2C3)cc1C. The van der Waals surface area contributed by atoms with Gasteiger partial charge in [-0.05, 0) is 55.4 Å². The summed E-state index contributed by atoms with van der Waals surface area (Å²) in [6.07, 6.45) is 4.72. The molecule has 0 radical (unpaired) electrons. The Balaban J connectivity index is 1.80. The Morgan fingerprint density at radius 1 is 1.10 bits per heavy atom. The number of nitrogens with one attached hydrogen (secondary N) is 1. The molecule has 21 heavy (non-hydrogen) atoms. The van der Waals surface area contributed by atoms with Crippen LogP contribution in [0.5, 0.6) is 0 Å². The fourth-order valence-electron chi connectivity index (χ4n) is 3.56. The molecule has 2 N–H and O–H groups in total. The summed E-state index contributed by atoms with van der Waals surface area (Å²) in [6.45, 7) is 4.01. The maximum absolute atomic E-state index is 12.5. The van der Waals surface area contributed by atoms with Gasteiger partial charge in [-0.3, -0.25) is 9.59 Å². The number of benzene rings is 1. The van der Waals surface area contributed by atoms with Crippen molar-refractivity contribution in [2.75, 3.05) is 5.32 Å². The topological polar surface area (TPSA) is 66.4 Å². The number of carbonyl (C=O) groups is 2. The molecular weight excluding hydrogens is 266 g/mol. The van der Waals surface area contributed by atoms with E-state index >= 15 is 0 Å². The largest absolute Gasteiger partial charge is 0.481 e. The van der Waals surface area contributed by atoms with Crippen LogP contribution < -0.4 is 5.32 Å². The maximum atomic E-state index is 12.5. The van der Waals surface area contributed by atoms with E-state index in [4.69, 9.17) is 0 Å². The summed E-state index contributed by atoms with van der Waals surface area (Å²) in [6, 6.07) is 5.74. The van der Waals surface area contributed by atoms with E-state index in [0.29, 0.717) is 0 Å². The smallest absolute Gasteiger partial charge is 0.307 e. The van der Waals surface area contributed by atoms with Crippen LogP contribution >= 0.6 is 0 Å². The summed E-state index contributed by atoms with van der Waals surface area (Å²) in [7, 11) is 0. The number of carboxylic acid groups (broad SMARTS) is 1. The van der Waals surface area contributed by atoms with E-state index in [0.717, 1.165) is 17.7 Å². The normalized spacial score (nSPS) is 29.6. The third kappa shape index (κ3) is 2.35. The fourth-order valence-corrected chi connectivity index (χ4v) is 3.56. The molecule has 3 rings (SSSR count). The first-order valence-corrected chi connectivity index (χ1v) is 7.26. The van der Waals surface area contributed by atoms with Crippen LogP contribution in [0.25, 0.3) is 0 Å². The molecule has 2 aliphatic carbocycles. The highest BCUT2D eigenvalue weighted by atomic mass is 16.4. The number of carboxylic acids is 1. The number of allylic oxidation sites excluding steroid dienone is 2. The van der Waals surface area contributed by atoms with Crippen LogP contribution in [0.2, 0.25) is 0 Å². The number of hydrogen-bond donors (Lipinski definition) is 2. The van der Waals surface area contributed by atoms with Crippen molar-refractivity contribution in [3.8, 4) is 0 Å². The highest BCUT2D eigenvalue weighted by molar-refractivity contribution is 5.96. The second-order valence-electron chi connectivity index (χ2n) is 6.13. The van der Waals surface area contributed by atoms with Crippen molar-refractivity contribution in [3.05, 3.63) is 41.5 Å². The molecule has 2 aliphatic rings. The van der Waals surface area contributed by atoms with Gasteiger partial charge in [-0.15, -0.1) is 0 Å². The third-order valence-corrected chi connectivity index (χ3v) is 4.82. The van der Waals surface area contributed by atoms with E-state index in [9.17, 15) is 14.7 Å². The molecule has 0 aliphatic heterocycles. The number of hydrogen-bond acceptors (Lipinski definition) is 2. The molecule has 1 aromatic rings. The van der Waals surface area contributed by atoms with Crippen molar-refractivity contribution < 1.29 is 14.7 Å². The Bertz CT molecular complexity index is 635. The molecule has 2 bridgehead atoms. The molecule has 0 heterocycles. The van der Waals surface area contributed by atoms with Crippen molar-refractivity contribution in [2.24, 2.45) is 23.7 Å². The minimum absolute atomic E-state index is 0.00278. The zero-order valence-electron chi connectivity index (χ0n) is 12.2. The molecule has 0 spiro atoms. The maximum Gasteiger partial charge on any atom is 0.307 e. The standard InChI is InChI=1S/C17H19NO3/c1-9-3-6-13(7-10(9)2)18-16(19)14-11-4-5-12(8-11)15(14)17(20)21/h3-7,11-12,14-15H,8H2,1-2H3,(H,18,19)(H,20,21)/t11-,12+,14+,15+/m1/s1. The number of carbonyl (C=O) groups excluding carboxylic acids is 1. The van der Waals surface area contributed by atoms with E-state index in [1.807, 2.05) is 44.2 Å². The molecular formula is C17H19NO3. The van der Waals surface area contributed by atoms with E-state index in [1.165, 1.54) is 5.56 Å². The van der Waals surface area contributed by atoms with Crippen LogP contribution in [0.1, 0.15) is 17.5 Å². The number of rotatable bonds is 3. The number of amides is 1. The van der Waals surface area contributed by atoms with Gasteiger partial charge in [0, 0.05) is 5.69 Å². The number of aryl methyl sites for hydroxylation is 2. The first-order valence-electron chi connectivity index (χ1n) is 7.26. The van der Waals surface area contributed by atoms with Gasteiger partial charge in [0.2, 0.25) is 5.91 Å². The summed E-state index contributed by atoms with van der Waals surface area (Å²) in [5.74, 6) is -2.04. The van der Waals surface area contributed by atoms with E-state index in [-0.39, 0.29) is 17.7 Å². The molecule has 4 heteroatoms. The predicted molar refractivity (Wildman–Crippen MR) is 79.9 cm³/mol. The van der Waals surface area contributed by atoms with Gasteiger partial charge in [-0.1, -0.05) is 18.2 Å². The molecule has 1 aromatic carbocycles. The monoisotopic (exact) mass is 285 g/mol. The molecule has 1 fully saturated rings. The second-order valence-corrected chi connectivity index (χ2v) is 6.13. The Hall–Kier alpha value is -2.10. The van der Waals surface area contributed by atoms with Gasteiger partial charge in [0.1, 0.15) is 0 Å². The molecule has 0 unspecified atom stereocenters. The minimum atomic E-state index is -0.868. The summed E-state index contributed by atoms with van der Waals surface area (Å²) in [5, 5.41) is 12.3. The van der Waals surface area contributed by atoms with Crippen LogP contribution in [0.15, 0.2) is 30.4 Å². The van der Waals surface area contributed by atoms with Crippen LogP contribution in [0, 0.1) is 37.5 Å². The lowest BCUT2D eigenvalue weighted by atomic mass is 9.82. The quantitative estimate of drug-likeness (QED) is 0.839. The van der Waals surface area contributed by atoms with E-state index in [2.05, 4.69) is 5.32 Å². The predicted octanol–water partition coefficient (Wildman–Crippen LogP) is 2.76. The number of aliphatic carboxylic acids is 1. The van der Waals surface area contributed by atoms with E-state index in [1.54, 1.807) is 0 Å². The third-order valence-electron chi connectivity index (χ3n) is 4.82. The Morgan fingerprint density at radius 3 is 2.38 bits per heavy atom. The van der Waals surface area contributed by atoms with Gasteiger partial charge < -0.3 is 10.4 Å². The zero-order valence-corrected chi connectivity index (χ0v) is 12.2. The van der Waals surface area contributed by atoms with Crippen molar-refractivity contribution in [1.29, 1.82) is 0 Å². The lowest BCUT2D eigenvalue weighted by Crippen LogP contribution is -2.36. The summed E-state index contributed by atoms with van der Waals surface area (Å²) >= 11 is 0. The van der Waals surface area contributed by atoms with Crippen molar-refractivity contribution in [3.63, 3.8) is 0 Å². The molecule has 0 aromatic heterocycles.